The van der Waals surface area contributed by atoms with Gasteiger partial charge in [-0.3, -0.25) is 18.9 Å². The lowest BCUT2D eigenvalue weighted by Crippen LogP contribution is -2.33. The van der Waals surface area contributed by atoms with Gasteiger partial charge in [0.2, 0.25) is 0 Å². The molecule has 1 aromatic heterocycles. The number of hydrogen-bond acceptors (Lipinski definition) is 11. The van der Waals surface area contributed by atoms with E-state index in [-0.39, 0.29) is 12.0 Å². The molecular formula is C12H20N5O14P3. The van der Waals surface area contributed by atoms with Gasteiger partial charge in [-0.05, 0) is 19.4 Å². The zero-order valence-corrected chi connectivity index (χ0v) is 20.0. The Morgan fingerprint density at radius 1 is 1.26 bits per heavy atom. The summed E-state index contributed by atoms with van der Waals surface area (Å²) in [4.78, 5) is 64.3. The lowest BCUT2D eigenvalue weighted by atomic mass is 10.2. The van der Waals surface area contributed by atoms with E-state index in [0.717, 1.165) is 4.57 Å². The van der Waals surface area contributed by atoms with Crippen molar-refractivity contribution in [1.29, 1.82) is 0 Å². The summed E-state index contributed by atoms with van der Waals surface area (Å²) >= 11 is 0. The average Bonchev–Trinajstić information content (AvgIpc) is 3.02. The molecule has 1 aliphatic heterocycles. The van der Waals surface area contributed by atoms with Crippen LogP contribution in [-0.4, -0.2) is 54.2 Å². The van der Waals surface area contributed by atoms with Crippen molar-refractivity contribution in [2.24, 2.45) is 5.11 Å². The third-order valence-electron chi connectivity index (χ3n) is 4.04. The van der Waals surface area contributed by atoms with Crippen LogP contribution in [0.25, 0.3) is 10.4 Å². The van der Waals surface area contributed by atoms with Crippen LogP contribution in [0.2, 0.25) is 0 Å². The first-order valence-corrected chi connectivity index (χ1v) is 13.5. The SMILES string of the molecule is Cc1cn([C@H]2C[C@@H](OC(C)N=[N+]=[N-])C(COP(=O)(O)OP(=O)(O)OP(=O)(O)O)O2)c(=O)[nH]c1=O. The zero-order valence-electron chi connectivity index (χ0n) is 17.3. The number of nitrogens with one attached hydrogen (secondary N) is 1. The molecule has 1 fully saturated rings. The molecule has 6 atom stereocenters. The van der Waals surface area contributed by atoms with Crippen LogP contribution in [0.3, 0.4) is 0 Å². The lowest BCUT2D eigenvalue weighted by molar-refractivity contribution is -0.0757. The van der Waals surface area contributed by atoms with E-state index in [4.69, 9.17) is 24.8 Å². The molecule has 0 spiro atoms. The van der Waals surface area contributed by atoms with Crippen LogP contribution in [0.4, 0.5) is 0 Å². The summed E-state index contributed by atoms with van der Waals surface area (Å²) in [6, 6.07) is 0. The highest BCUT2D eigenvalue weighted by Gasteiger charge is 2.43. The number of aryl methyl sites for hydroxylation is 1. The molecule has 0 aliphatic carbocycles. The minimum absolute atomic E-state index is 0.0961. The van der Waals surface area contributed by atoms with Crippen molar-refractivity contribution in [3.05, 3.63) is 43.0 Å². The van der Waals surface area contributed by atoms with E-state index in [2.05, 4.69) is 28.2 Å². The molecule has 0 aromatic carbocycles. The average molecular weight is 551 g/mol. The van der Waals surface area contributed by atoms with Crippen LogP contribution in [0.1, 0.15) is 25.1 Å². The van der Waals surface area contributed by atoms with Gasteiger partial charge in [0.1, 0.15) is 18.6 Å². The van der Waals surface area contributed by atoms with Gasteiger partial charge in [-0.15, -0.1) is 0 Å². The number of nitrogens with zero attached hydrogens (tertiary/aromatic N) is 4. The van der Waals surface area contributed by atoms with Crippen molar-refractivity contribution >= 4 is 23.5 Å². The Hall–Kier alpha value is -1.68. The van der Waals surface area contributed by atoms with Crippen LogP contribution < -0.4 is 11.2 Å². The molecule has 1 aliphatic rings. The molecule has 4 unspecified atom stereocenters. The fraction of sp³-hybridized carbons (Fsp3) is 0.667. The third-order valence-corrected chi connectivity index (χ3v) is 7.84. The molecule has 0 radical (unpaired) electrons. The monoisotopic (exact) mass is 551 g/mol. The highest BCUT2D eigenvalue weighted by atomic mass is 31.3. The summed E-state index contributed by atoms with van der Waals surface area (Å²) in [7, 11) is -16.8. The summed E-state index contributed by atoms with van der Waals surface area (Å²) in [6.07, 6.45) is -3.32. The number of hydrogen-bond donors (Lipinski definition) is 5. The molecule has 5 N–H and O–H groups in total. The molecule has 2 rings (SSSR count). The first kappa shape index (κ1) is 28.6. The number of phosphoric ester groups is 1. The predicted octanol–water partition coefficient (Wildman–Crippen LogP) is 0.517. The van der Waals surface area contributed by atoms with Gasteiger partial charge < -0.3 is 29.0 Å². The summed E-state index contributed by atoms with van der Waals surface area (Å²) < 4.78 is 58.0. The number of rotatable bonds is 11. The Labute approximate surface area is 189 Å². The van der Waals surface area contributed by atoms with E-state index in [1.807, 2.05) is 0 Å². The van der Waals surface area contributed by atoms with Gasteiger partial charge in [0.15, 0.2) is 0 Å². The fourth-order valence-electron chi connectivity index (χ4n) is 2.79. The van der Waals surface area contributed by atoms with Crippen LogP contribution in [0, 0.1) is 6.92 Å². The highest BCUT2D eigenvalue weighted by molar-refractivity contribution is 7.66. The third kappa shape index (κ3) is 8.52. The molecule has 2 heterocycles. The molecule has 19 nitrogen and oxygen atoms in total. The maximum Gasteiger partial charge on any atom is 0.490 e. The number of ether oxygens (including phenoxy) is 2. The van der Waals surface area contributed by atoms with Crippen molar-refractivity contribution in [2.75, 3.05) is 6.61 Å². The molecule has 22 heteroatoms. The van der Waals surface area contributed by atoms with E-state index < -0.39 is 66.0 Å². The van der Waals surface area contributed by atoms with Crippen molar-refractivity contribution in [1.82, 2.24) is 9.55 Å². The van der Waals surface area contributed by atoms with Crippen LogP contribution in [0.15, 0.2) is 20.9 Å². The van der Waals surface area contributed by atoms with Gasteiger partial charge in [-0.25, -0.2) is 18.5 Å². The standard InChI is InChI=1S/C12H20N5O14P3/c1-6-4-17(12(19)14-11(6)18)10-3-8(28-7(2)15-16-13)9(29-10)5-27-33(23,24)31-34(25,26)30-32(20,21)22/h4,7-10H,3,5H2,1-2H3,(H,23,24)(H,25,26)(H,14,18,19)(H2,20,21,22)/t7?,8-,9?,10-/m1/s1. The maximum atomic E-state index is 12.2. The van der Waals surface area contributed by atoms with E-state index in [9.17, 15) is 33.1 Å². The second-order valence-corrected chi connectivity index (χ2v) is 11.1. The Bertz CT molecular complexity index is 1200. The Morgan fingerprint density at radius 3 is 2.50 bits per heavy atom. The van der Waals surface area contributed by atoms with Gasteiger partial charge in [0.05, 0.1) is 12.7 Å². The number of H-pyrrole nitrogens is 1. The number of aromatic amines is 1. The van der Waals surface area contributed by atoms with E-state index in [1.54, 1.807) is 0 Å². The number of phosphoric acid groups is 3. The van der Waals surface area contributed by atoms with E-state index in [1.165, 1.54) is 20.0 Å². The predicted molar refractivity (Wildman–Crippen MR) is 108 cm³/mol. The fourth-order valence-corrected chi connectivity index (χ4v) is 5.82. The summed E-state index contributed by atoms with van der Waals surface area (Å²) in [6.45, 7) is 1.92. The first-order valence-electron chi connectivity index (χ1n) is 8.97. The molecule has 0 bridgehead atoms. The van der Waals surface area contributed by atoms with Crippen LogP contribution in [0.5, 0.6) is 0 Å². The normalized spacial score (nSPS) is 25.2. The second-order valence-electron chi connectivity index (χ2n) is 6.71. The smallest absolute Gasteiger partial charge is 0.366 e. The maximum absolute atomic E-state index is 12.2. The molecule has 1 saturated heterocycles. The largest absolute Gasteiger partial charge is 0.490 e. The topological polar surface area (TPSA) is 282 Å². The van der Waals surface area contributed by atoms with Gasteiger partial charge in [0, 0.05) is 23.1 Å². The van der Waals surface area contributed by atoms with Gasteiger partial charge >= 0.3 is 29.2 Å². The highest BCUT2D eigenvalue weighted by Crippen LogP contribution is 2.66. The van der Waals surface area contributed by atoms with E-state index in [0.29, 0.717) is 0 Å². The van der Waals surface area contributed by atoms with Crippen molar-refractivity contribution in [2.45, 2.75) is 44.9 Å². The van der Waals surface area contributed by atoms with Crippen LogP contribution in [-0.2, 0) is 36.3 Å². The molecule has 0 amide bonds. The van der Waals surface area contributed by atoms with Gasteiger partial charge in [-0.2, -0.15) is 8.62 Å². The zero-order chi connectivity index (χ0) is 25.9. The Balaban J connectivity index is 2.20. The quantitative estimate of drug-likeness (QED) is 0.108. The van der Waals surface area contributed by atoms with Crippen molar-refractivity contribution in [3.8, 4) is 0 Å². The molecular weight excluding hydrogens is 531 g/mol. The molecule has 34 heavy (non-hydrogen) atoms. The minimum Gasteiger partial charge on any atom is -0.366 e. The molecule has 192 valence electrons. The van der Waals surface area contributed by atoms with E-state index >= 15 is 0 Å². The summed E-state index contributed by atoms with van der Waals surface area (Å²) in [5.74, 6) is 0. The van der Waals surface area contributed by atoms with Gasteiger partial charge in [0.25, 0.3) is 5.56 Å². The molecule has 0 saturated carbocycles. The Morgan fingerprint density at radius 2 is 1.91 bits per heavy atom. The Kier molecular flexibility index (Phi) is 9.18. The minimum atomic E-state index is -5.73. The van der Waals surface area contributed by atoms with Crippen LogP contribution >= 0.6 is 23.5 Å². The first-order chi connectivity index (χ1) is 15.5. The van der Waals surface area contributed by atoms with Crippen molar-refractivity contribution in [3.63, 3.8) is 0 Å². The molecule has 1 aromatic rings. The number of aromatic nitrogens is 2. The lowest BCUT2D eigenvalue weighted by Gasteiger charge is -2.22. The second kappa shape index (κ2) is 10.9. The van der Waals surface area contributed by atoms with Crippen molar-refractivity contribution < 1.29 is 55.9 Å². The number of azide groups is 1. The summed E-state index contributed by atoms with van der Waals surface area (Å²) in [5, 5.41) is 3.31. The van der Waals surface area contributed by atoms with Gasteiger partial charge in [-0.1, -0.05) is 5.11 Å². The summed E-state index contributed by atoms with van der Waals surface area (Å²) in [5.41, 5.74) is 7.24.